The summed E-state index contributed by atoms with van der Waals surface area (Å²) in [7, 11) is -2.55. The number of anilines is 1. The Morgan fingerprint density at radius 3 is 2.25 bits per heavy atom. The molecule has 0 N–H and O–H groups in total. The summed E-state index contributed by atoms with van der Waals surface area (Å²) >= 11 is 5.99. The maximum absolute atomic E-state index is 16.1. The Labute approximate surface area is 217 Å². The molecule has 1 heterocycles. The molecule has 1 aliphatic heterocycles. The molecule has 1 amide bonds. The Morgan fingerprint density at radius 1 is 1.14 bits per heavy atom. The monoisotopic (exact) mass is 537 g/mol. The molecule has 0 aromatic heterocycles. The fraction of sp³-hybridized carbons (Fsp3) is 0.519. The molecule has 2 aliphatic rings. The second-order valence-corrected chi connectivity index (χ2v) is 13.3. The number of carbonyl (C=O) groups is 1. The second kappa shape index (κ2) is 9.95. The summed E-state index contributed by atoms with van der Waals surface area (Å²) in [5.41, 5.74) is -0.376. The predicted octanol–water partition coefficient (Wildman–Crippen LogP) is 5.90. The number of hydrogen-bond donors (Lipinski definition) is 0. The minimum absolute atomic E-state index is 0.0666. The second-order valence-electron chi connectivity index (χ2n) is 10.6. The first-order valence-electron chi connectivity index (χ1n) is 12.2. The summed E-state index contributed by atoms with van der Waals surface area (Å²) in [4.78, 5) is 15.0. The number of hydrogen-bond acceptors (Lipinski definition) is 5. The topological polar surface area (TPSA) is 72.9 Å². The van der Waals surface area contributed by atoms with Crippen LogP contribution in [0, 0.1) is 11.2 Å². The Bertz CT molecular complexity index is 1230. The highest BCUT2D eigenvalue weighted by atomic mass is 35.5. The minimum atomic E-state index is -3.96. The number of nitrogens with zero attached hydrogens (tertiary/aromatic N) is 1. The van der Waals surface area contributed by atoms with Crippen LogP contribution in [0.4, 0.5) is 10.1 Å². The van der Waals surface area contributed by atoms with Crippen LogP contribution in [0.2, 0.25) is 5.02 Å². The van der Waals surface area contributed by atoms with Gasteiger partial charge in [-0.15, -0.1) is 0 Å². The summed E-state index contributed by atoms with van der Waals surface area (Å²) in [6, 6.07) is 8.72. The number of sulfone groups is 1. The lowest BCUT2D eigenvalue weighted by molar-refractivity contribution is -0.126. The van der Waals surface area contributed by atoms with Crippen molar-refractivity contribution in [1.29, 1.82) is 0 Å². The Kier molecular flexibility index (Phi) is 7.43. The first-order valence-corrected chi connectivity index (χ1v) is 14.1. The summed E-state index contributed by atoms with van der Waals surface area (Å²) in [5.74, 6) is -0.732. The van der Waals surface area contributed by atoms with Crippen LogP contribution in [0.3, 0.4) is 0 Å². The maximum Gasteiger partial charge on any atom is 0.232 e. The van der Waals surface area contributed by atoms with Crippen LogP contribution in [0.15, 0.2) is 41.3 Å². The molecule has 9 heteroatoms. The van der Waals surface area contributed by atoms with Gasteiger partial charge in [0.05, 0.1) is 12.0 Å². The molecule has 0 bridgehead atoms. The van der Waals surface area contributed by atoms with E-state index in [1.807, 2.05) is 0 Å². The number of rotatable bonds is 6. The molecular weight excluding hydrogens is 505 g/mol. The summed E-state index contributed by atoms with van der Waals surface area (Å²) < 4.78 is 53.8. The van der Waals surface area contributed by atoms with Crippen LogP contribution in [0.25, 0.3) is 0 Å². The lowest BCUT2D eigenvalue weighted by atomic mass is 9.86. The van der Waals surface area contributed by atoms with Gasteiger partial charge in [0, 0.05) is 29.7 Å². The largest absolute Gasteiger partial charge is 0.494 e. The van der Waals surface area contributed by atoms with Gasteiger partial charge in [-0.25, -0.2) is 12.8 Å². The van der Waals surface area contributed by atoms with E-state index in [2.05, 4.69) is 0 Å². The molecule has 0 unspecified atom stereocenters. The van der Waals surface area contributed by atoms with E-state index >= 15 is 4.39 Å². The van der Waals surface area contributed by atoms with Gasteiger partial charge in [0.1, 0.15) is 16.2 Å². The zero-order valence-corrected chi connectivity index (χ0v) is 22.7. The number of amides is 1. The number of benzene rings is 2. The van der Waals surface area contributed by atoms with Crippen molar-refractivity contribution in [3.05, 3.63) is 52.8 Å². The molecule has 2 fully saturated rings. The average molecular weight is 538 g/mol. The van der Waals surface area contributed by atoms with Gasteiger partial charge in [-0.05, 0) is 74.1 Å². The van der Waals surface area contributed by atoms with Gasteiger partial charge < -0.3 is 14.4 Å². The highest BCUT2D eigenvalue weighted by molar-refractivity contribution is 7.92. The molecule has 0 radical (unpaired) electrons. The van der Waals surface area contributed by atoms with Gasteiger partial charge in [0.25, 0.3) is 0 Å². The third kappa shape index (κ3) is 4.63. The van der Waals surface area contributed by atoms with E-state index in [1.165, 1.54) is 42.3 Å². The van der Waals surface area contributed by atoms with Crippen molar-refractivity contribution < 1.29 is 27.1 Å². The molecular formula is C27H33ClFNO5S. The lowest BCUT2D eigenvalue weighted by Crippen LogP contribution is -2.49. The standard InChI is InChI=1S/C27H33ClFNO5S/c1-26(2,3)25(31)30(20-6-5-7-20)24-22(29)16-18(17-23(24)34-4)27(12-14-35-15-13-27)36(32,33)21-10-8-19(28)9-11-21/h8-11,16-17,20H,5-7,12-15H2,1-4H3. The Morgan fingerprint density at radius 2 is 1.75 bits per heavy atom. The van der Waals surface area contributed by atoms with Gasteiger partial charge in [0.15, 0.2) is 15.7 Å². The molecule has 4 rings (SSSR count). The Balaban J connectivity index is 1.89. The van der Waals surface area contributed by atoms with E-state index in [-0.39, 0.29) is 59.9 Å². The van der Waals surface area contributed by atoms with Crippen molar-refractivity contribution >= 4 is 33.0 Å². The molecule has 36 heavy (non-hydrogen) atoms. The third-order valence-corrected chi connectivity index (χ3v) is 10.1. The lowest BCUT2D eigenvalue weighted by Gasteiger charge is -2.42. The van der Waals surface area contributed by atoms with E-state index < -0.39 is 25.8 Å². The normalized spacial score (nSPS) is 18.4. The zero-order valence-electron chi connectivity index (χ0n) is 21.1. The van der Waals surface area contributed by atoms with Crippen LogP contribution in [0.5, 0.6) is 5.75 Å². The molecule has 0 spiro atoms. The summed E-state index contributed by atoms with van der Waals surface area (Å²) in [5, 5.41) is 0.423. The molecule has 6 nitrogen and oxygen atoms in total. The molecule has 2 aromatic rings. The molecule has 2 aromatic carbocycles. The fourth-order valence-electron chi connectivity index (χ4n) is 4.94. The SMILES string of the molecule is COc1cc(C2(S(=O)(=O)c3ccc(Cl)cc3)CCOCC2)cc(F)c1N(C(=O)C(C)(C)C)C1CCC1. The molecule has 1 saturated heterocycles. The molecule has 196 valence electrons. The van der Waals surface area contributed by atoms with E-state index in [4.69, 9.17) is 21.1 Å². The minimum Gasteiger partial charge on any atom is -0.494 e. The zero-order chi connectivity index (χ0) is 26.3. The van der Waals surface area contributed by atoms with Gasteiger partial charge in [-0.2, -0.15) is 0 Å². The summed E-state index contributed by atoms with van der Waals surface area (Å²) in [6.45, 7) is 5.84. The van der Waals surface area contributed by atoms with Crippen molar-refractivity contribution in [3.63, 3.8) is 0 Å². The van der Waals surface area contributed by atoms with Crippen LogP contribution in [0.1, 0.15) is 58.4 Å². The van der Waals surface area contributed by atoms with Gasteiger partial charge in [-0.1, -0.05) is 32.4 Å². The van der Waals surface area contributed by atoms with Crippen molar-refractivity contribution in [2.45, 2.75) is 68.6 Å². The van der Waals surface area contributed by atoms with Crippen molar-refractivity contribution in [3.8, 4) is 5.75 Å². The molecule has 0 atom stereocenters. The number of halogens is 2. The highest BCUT2D eigenvalue weighted by Crippen LogP contribution is 2.48. The van der Waals surface area contributed by atoms with E-state index in [9.17, 15) is 13.2 Å². The van der Waals surface area contributed by atoms with E-state index in [0.29, 0.717) is 5.02 Å². The molecule has 1 aliphatic carbocycles. The fourth-order valence-corrected chi connectivity index (χ4v) is 7.14. The van der Waals surface area contributed by atoms with Crippen LogP contribution >= 0.6 is 11.6 Å². The third-order valence-electron chi connectivity index (χ3n) is 7.25. The van der Waals surface area contributed by atoms with Crippen molar-refractivity contribution in [2.75, 3.05) is 25.2 Å². The van der Waals surface area contributed by atoms with E-state index in [1.54, 1.807) is 26.8 Å². The highest BCUT2D eigenvalue weighted by Gasteiger charge is 2.49. The quantitative estimate of drug-likeness (QED) is 0.459. The smallest absolute Gasteiger partial charge is 0.232 e. The van der Waals surface area contributed by atoms with Crippen molar-refractivity contribution in [1.82, 2.24) is 0 Å². The van der Waals surface area contributed by atoms with Gasteiger partial charge in [-0.3, -0.25) is 4.79 Å². The number of methoxy groups -OCH3 is 1. The average Bonchev–Trinajstić information content (AvgIpc) is 2.80. The van der Waals surface area contributed by atoms with Crippen LogP contribution in [-0.2, 0) is 24.1 Å². The summed E-state index contributed by atoms with van der Waals surface area (Å²) in [6.07, 6.45) is 2.83. The van der Waals surface area contributed by atoms with E-state index in [0.717, 1.165) is 19.3 Å². The van der Waals surface area contributed by atoms with Crippen LogP contribution < -0.4 is 9.64 Å². The maximum atomic E-state index is 16.1. The number of carbonyl (C=O) groups excluding carboxylic acids is 1. The first kappa shape index (κ1) is 26.9. The van der Waals surface area contributed by atoms with Gasteiger partial charge >= 0.3 is 0 Å². The number of ether oxygens (including phenoxy) is 2. The predicted molar refractivity (Wildman–Crippen MR) is 138 cm³/mol. The van der Waals surface area contributed by atoms with Crippen LogP contribution in [-0.4, -0.2) is 40.7 Å². The van der Waals surface area contributed by atoms with Gasteiger partial charge in [0.2, 0.25) is 5.91 Å². The van der Waals surface area contributed by atoms with Crippen molar-refractivity contribution in [2.24, 2.45) is 5.41 Å². The molecule has 1 saturated carbocycles. The first-order chi connectivity index (χ1) is 16.9. The Hall–Kier alpha value is -2.16.